The van der Waals surface area contributed by atoms with Crippen LogP contribution in [0, 0.1) is 11.8 Å². The van der Waals surface area contributed by atoms with Crippen LogP contribution in [0.25, 0.3) is 0 Å². The summed E-state index contributed by atoms with van der Waals surface area (Å²) in [7, 11) is 0. The van der Waals surface area contributed by atoms with Gasteiger partial charge in [-0.25, -0.2) is 4.79 Å². The van der Waals surface area contributed by atoms with Gasteiger partial charge in [0.25, 0.3) is 0 Å². The molecule has 2 heterocycles. The van der Waals surface area contributed by atoms with Crippen LogP contribution in [0.5, 0.6) is 0 Å². The largest absolute Gasteiger partial charge is 0.393 e. The molecule has 1 aromatic rings. The number of hydrogen-bond acceptors (Lipinski definition) is 4. The number of carbonyl (C=O) groups excluding carboxylic acids is 1. The smallest absolute Gasteiger partial charge is 0.317 e. The second-order valence-corrected chi connectivity index (χ2v) is 7.23. The van der Waals surface area contributed by atoms with Crippen LogP contribution in [-0.4, -0.2) is 51.2 Å². The highest BCUT2D eigenvalue weighted by molar-refractivity contribution is 5.74. The lowest BCUT2D eigenvalue weighted by Crippen LogP contribution is -2.49. The summed E-state index contributed by atoms with van der Waals surface area (Å²) in [4.78, 5) is 22.8. The topological polar surface area (TPSA) is 78.4 Å². The van der Waals surface area contributed by atoms with Gasteiger partial charge in [-0.05, 0) is 38.0 Å². The van der Waals surface area contributed by atoms with E-state index in [0.29, 0.717) is 18.9 Å². The van der Waals surface area contributed by atoms with E-state index in [1.807, 2.05) is 4.90 Å². The van der Waals surface area contributed by atoms with Crippen molar-refractivity contribution in [1.82, 2.24) is 20.2 Å². The Kier molecular flexibility index (Phi) is 5.66. The number of nitrogens with one attached hydrogen (secondary N) is 1. The molecule has 0 unspecified atom stereocenters. The number of hydrogen-bond donors (Lipinski definition) is 2. The van der Waals surface area contributed by atoms with Gasteiger partial charge < -0.3 is 15.3 Å². The van der Waals surface area contributed by atoms with Crippen molar-refractivity contribution in [2.75, 3.05) is 13.1 Å². The van der Waals surface area contributed by atoms with Crippen molar-refractivity contribution in [2.45, 2.75) is 57.6 Å². The molecule has 0 spiro atoms. The van der Waals surface area contributed by atoms with Crippen molar-refractivity contribution in [3.8, 4) is 0 Å². The maximum Gasteiger partial charge on any atom is 0.317 e. The Hall–Kier alpha value is -1.69. The van der Waals surface area contributed by atoms with Gasteiger partial charge in [0.15, 0.2) is 0 Å². The van der Waals surface area contributed by atoms with Gasteiger partial charge in [-0.3, -0.25) is 9.97 Å². The molecular formula is C18H28N4O2. The molecule has 2 amide bonds. The molecule has 3 rings (SSSR count). The fourth-order valence-electron chi connectivity index (χ4n) is 4.17. The van der Waals surface area contributed by atoms with Crippen LogP contribution >= 0.6 is 0 Å². The van der Waals surface area contributed by atoms with Crippen molar-refractivity contribution in [1.29, 1.82) is 0 Å². The third-order valence-corrected chi connectivity index (χ3v) is 5.45. The summed E-state index contributed by atoms with van der Waals surface area (Å²) in [5.41, 5.74) is 0.882. The Balaban J connectivity index is 1.53. The average Bonchev–Trinajstić information content (AvgIpc) is 3.07. The number of nitrogens with zero attached hydrogens (tertiary/aromatic N) is 3. The third-order valence-electron chi connectivity index (χ3n) is 5.45. The van der Waals surface area contributed by atoms with Crippen LogP contribution in [0.3, 0.4) is 0 Å². The number of urea groups is 1. The van der Waals surface area contributed by atoms with Crippen LogP contribution in [0.1, 0.15) is 44.7 Å². The van der Waals surface area contributed by atoms with E-state index in [1.165, 1.54) is 0 Å². The molecule has 6 nitrogen and oxygen atoms in total. The molecule has 0 radical (unpaired) electrons. The Bertz CT molecular complexity index is 539. The Morgan fingerprint density at radius 2 is 2.25 bits per heavy atom. The first-order valence-electron chi connectivity index (χ1n) is 9.12. The lowest BCUT2D eigenvalue weighted by molar-refractivity contribution is 0.0153. The number of carbonyl (C=O) groups is 1. The molecule has 0 aromatic carbocycles. The van der Waals surface area contributed by atoms with Gasteiger partial charge in [0, 0.05) is 50.1 Å². The first kappa shape index (κ1) is 17.1. The van der Waals surface area contributed by atoms with Crippen molar-refractivity contribution in [3.05, 3.63) is 24.3 Å². The van der Waals surface area contributed by atoms with Crippen molar-refractivity contribution < 1.29 is 9.90 Å². The summed E-state index contributed by atoms with van der Waals surface area (Å²) in [5.74, 6) is 0.863. The van der Waals surface area contributed by atoms with Crippen LogP contribution in [0.2, 0.25) is 0 Å². The summed E-state index contributed by atoms with van der Waals surface area (Å²) in [5, 5.41) is 13.4. The summed E-state index contributed by atoms with van der Waals surface area (Å²) in [6.45, 7) is 3.60. The minimum Gasteiger partial charge on any atom is -0.393 e. The first-order valence-corrected chi connectivity index (χ1v) is 9.12. The van der Waals surface area contributed by atoms with Crippen molar-refractivity contribution >= 4 is 6.03 Å². The molecule has 1 aliphatic carbocycles. The molecule has 24 heavy (non-hydrogen) atoms. The molecule has 132 valence electrons. The number of aliphatic hydroxyl groups excluding tert-OH is 1. The molecule has 2 aliphatic rings. The number of aliphatic hydroxyl groups is 1. The van der Waals surface area contributed by atoms with E-state index in [1.54, 1.807) is 18.6 Å². The molecule has 1 saturated heterocycles. The summed E-state index contributed by atoms with van der Waals surface area (Å²) in [6, 6.07) is 0.172. The minimum atomic E-state index is -0.265. The Morgan fingerprint density at radius 1 is 1.38 bits per heavy atom. The second kappa shape index (κ2) is 7.92. The van der Waals surface area contributed by atoms with Crippen LogP contribution in [-0.2, 0) is 6.42 Å². The molecule has 6 heteroatoms. The van der Waals surface area contributed by atoms with E-state index >= 15 is 0 Å². The highest BCUT2D eigenvalue weighted by Gasteiger charge is 2.40. The monoisotopic (exact) mass is 332 g/mol. The van der Waals surface area contributed by atoms with Gasteiger partial charge in [-0.15, -0.1) is 0 Å². The highest BCUT2D eigenvalue weighted by Crippen LogP contribution is 2.37. The fourth-order valence-corrected chi connectivity index (χ4v) is 4.17. The van der Waals surface area contributed by atoms with Gasteiger partial charge in [0.05, 0.1) is 11.8 Å². The zero-order chi connectivity index (χ0) is 16.9. The molecule has 2 fully saturated rings. The second-order valence-electron chi connectivity index (χ2n) is 7.23. The number of rotatable bonds is 4. The zero-order valence-electron chi connectivity index (χ0n) is 14.4. The molecule has 0 bridgehead atoms. The van der Waals surface area contributed by atoms with Crippen LogP contribution < -0.4 is 5.32 Å². The minimum absolute atomic E-state index is 0.00758. The quantitative estimate of drug-likeness (QED) is 0.884. The summed E-state index contributed by atoms with van der Waals surface area (Å²) in [6.07, 6.45) is 10.5. The van der Waals surface area contributed by atoms with E-state index in [0.717, 1.165) is 44.3 Å². The van der Waals surface area contributed by atoms with Crippen LogP contribution in [0.15, 0.2) is 18.6 Å². The fraction of sp³-hybridized carbons (Fsp3) is 0.722. The maximum absolute atomic E-state index is 12.6. The third kappa shape index (κ3) is 4.04. The molecule has 1 aliphatic heterocycles. The highest BCUT2D eigenvalue weighted by atomic mass is 16.3. The molecule has 1 aromatic heterocycles. The van der Waals surface area contributed by atoms with E-state index in [-0.39, 0.29) is 24.1 Å². The summed E-state index contributed by atoms with van der Waals surface area (Å²) >= 11 is 0. The molecular weight excluding hydrogens is 304 g/mol. The average molecular weight is 332 g/mol. The Morgan fingerprint density at radius 3 is 3.04 bits per heavy atom. The molecule has 2 N–H and O–H groups in total. The van der Waals surface area contributed by atoms with E-state index in [4.69, 9.17) is 0 Å². The van der Waals surface area contributed by atoms with Gasteiger partial charge in [-0.1, -0.05) is 6.92 Å². The van der Waals surface area contributed by atoms with E-state index in [2.05, 4.69) is 22.2 Å². The number of aromatic nitrogens is 2. The molecule has 1 saturated carbocycles. The number of amides is 2. The molecule has 4 atom stereocenters. The SMILES string of the molecule is C[C@@H]1CC[C@H](O)[C@@H]([C@@H]2CCCN2C(=O)NCCc2cnccn2)C1. The van der Waals surface area contributed by atoms with Gasteiger partial charge in [0.2, 0.25) is 0 Å². The normalized spacial score (nSPS) is 30.3. The van der Waals surface area contributed by atoms with E-state index in [9.17, 15) is 9.90 Å². The lowest BCUT2D eigenvalue weighted by atomic mass is 9.76. The summed E-state index contributed by atoms with van der Waals surface area (Å²) < 4.78 is 0. The van der Waals surface area contributed by atoms with Gasteiger partial charge in [-0.2, -0.15) is 0 Å². The van der Waals surface area contributed by atoms with Crippen molar-refractivity contribution in [2.24, 2.45) is 11.8 Å². The Labute approximate surface area is 143 Å². The zero-order valence-corrected chi connectivity index (χ0v) is 14.4. The van der Waals surface area contributed by atoms with Crippen LogP contribution in [0.4, 0.5) is 4.79 Å². The first-order chi connectivity index (χ1) is 11.6. The van der Waals surface area contributed by atoms with E-state index < -0.39 is 0 Å². The number of likely N-dealkylation sites (tertiary alicyclic amines) is 1. The van der Waals surface area contributed by atoms with Crippen molar-refractivity contribution in [3.63, 3.8) is 0 Å². The predicted molar refractivity (Wildman–Crippen MR) is 91.4 cm³/mol. The maximum atomic E-state index is 12.6. The van der Waals surface area contributed by atoms with Gasteiger partial charge in [0.1, 0.15) is 0 Å². The lowest BCUT2D eigenvalue weighted by Gasteiger charge is -2.39. The predicted octanol–water partition coefficient (Wildman–Crippen LogP) is 1.99. The standard InChI is InChI=1S/C18H28N4O2/c1-13-4-5-17(23)15(11-13)16-3-2-10-22(16)18(24)21-7-6-14-12-19-8-9-20-14/h8-9,12-13,15-17,23H,2-7,10-11H2,1H3,(H,21,24)/t13-,15-,16+,17+/m1/s1. The van der Waals surface area contributed by atoms with Gasteiger partial charge >= 0.3 is 6.03 Å².